The number of fused-ring (bicyclic) bond motifs is 1. The number of benzene rings is 2. The van der Waals surface area contributed by atoms with Crippen molar-refractivity contribution in [2.45, 2.75) is 52.4 Å². The topological polar surface area (TPSA) is 143 Å². The summed E-state index contributed by atoms with van der Waals surface area (Å²) in [5, 5.41) is 7.11. The van der Waals surface area contributed by atoms with Crippen molar-refractivity contribution in [3.63, 3.8) is 0 Å². The number of carbonyl (C=O) groups is 4. The lowest BCUT2D eigenvalue weighted by atomic mass is 9.85. The lowest BCUT2D eigenvalue weighted by Gasteiger charge is -2.36. The Morgan fingerprint density at radius 1 is 1.11 bits per heavy atom. The molecule has 2 aromatic rings. The highest BCUT2D eigenvalue weighted by atomic mass is 19.1. The Morgan fingerprint density at radius 3 is 2.32 bits per heavy atom. The van der Waals surface area contributed by atoms with Gasteiger partial charge in [0.15, 0.2) is 6.10 Å². The second-order valence-electron chi connectivity index (χ2n) is 10.0. The third-order valence-corrected chi connectivity index (χ3v) is 6.12. The zero-order valence-electron chi connectivity index (χ0n) is 21.7. The molecule has 1 aliphatic rings. The number of carbonyl (C=O) groups excluding carboxylic acids is 4. The first-order valence-electron chi connectivity index (χ1n) is 11.9. The Balaban J connectivity index is 1.96. The van der Waals surface area contributed by atoms with Crippen LogP contribution in [0.5, 0.6) is 0 Å². The molecule has 0 saturated heterocycles. The van der Waals surface area contributed by atoms with E-state index >= 15 is 0 Å². The van der Waals surface area contributed by atoms with E-state index in [1.165, 1.54) is 24.9 Å². The molecule has 5 N–H and O–H groups in total. The van der Waals surface area contributed by atoms with Crippen LogP contribution in [0.15, 0.2) is 36.4 Å². The summed E-state index contributed by atoms with van der Waals surface area (Å²) in [6.45, 7) is 6.48. The summed E-state index contributed by atoms with van der Waals surface area (Å²) in [6, 6.07) is 5.50. The van der Waals surface area contributed by atoms with Gasteiger partial charge in [-0.1, -0.05) is 32.9 Å². The number of nitrogens with two attached hydrogens (primary N) is 1. The number of anilines is 2. The van der Waals surface area contributed by atoms with Crippen molar-refractivity contribution in [1.82, 2.24) is 15.5 Å². The van der Waals surface area contributed by atoms with Crippen LogP contribution in [-0.4, -0.2) is 47.9 Å². The Hall–Kier alpha value is -4.22. The van der Waals surface area contributed by atoms with Gasteiger partial charge in [0.05, 0.1) is 0 Å². The fraction of sp³-hybridized carbons (Fsp3) is 0.385. The second-order valence-corrected chi connectivity index (χ2v) is 10.0. The first-order valence-corrected chi connectivity index (χ1v) is 11.9. The number of para-hydroxylation sites is 1. The second kappa shape index (κ2) is 11.0. The van der Waals surface area contributed by atoms with Crippen LogP contribution < -0.4 is 21.7 Å². The quantitative estimate of drug-likeness (QED) is 0.422. The number of nitrogen functional groups attached to an aromatic ring is 1. The minimum atomic E-state index is -1.29. The lowest BCUT2D eigenvalue weighted by molar-refractivity contribution is -0.145. The van der Waals surface area contributed by atoms with Crippen LogP contribution in [0.4, 0.5) is 25.0 Å². The van der Waals surface area contributed by atoms with Crippen LogP contribution >= 0.6 is 0 Å². The first-order chi connectivity index (χ1) is 17.7. The summed E-state index contributed by atoms with van der Waals surface area (Å²) in [5.74, 6) is -4.17. The number of rotatable bonds is 6. The Morgan fingerprint density at radius 2 is 1.74 bits per heavy atom. The third-order valence-electron chi connectivity index (χ3n) is 6.12. The molecule has 0 saturated carbocycles. The Kier molecular flexibility index (Phi) is 8.23. The van der Waals surface area contributed by atoms with Gasteiger partial charge < -0.3 is 31.3 Å². The van der Waals surface area contributed by atoms with Gasteiger partial charge in [0.1, 0.15) is 29.4 Å². The molecule has 2 aromatic carbocycles. The van der Waals surface area contributed by atoms with E-state index in [4.69, 9.17) is 10.5 Å². The minimum absolute atomic E-state index is 0.0148. The molecular formula is C26H31F2N5O5. The van der Waals surface area contributed by atoms with Crippen molar-refractivity contribution in [2.75, 3.05) is 18.1 Å². The third kappa shape index (κ3) is 6.01. The fourth-order valence-electron chi connectivity index (χ4n) is 4.10. The van der Waals surface area contributed by atoms with Crippen LogP contribution in [0.2, 0.25) is 0 Å². The number of halogens is 2. The minimum Gasteiger partial charge on any atom is -0.436 e. The molecule has 4 amide bonds. The molecule has 1 heterocycles. The maximum absolute atomic E-state index is 14.3. The Labute approximate surface area is 218 Å². The maximum atomic E-state index is 14.3. The van der Waals surface area contributed by atoms with Gasteiger partial charge in [-0.25, -0.2) is 13.6 Å². The van der Waals surface area contributed by atoms with Gasteiger partial charge in [-0.05, 0) is 47.7 Å². The van der Waals surface area contributed by atoms with Crippen LogP contribution in [0.1, 0.15) is 44.9 Å². The molecule has 10 nitrogen and oxygen atoms in total. The average Bonchev–Trinajstić information content (AvgIpc) is 3.22. The van der Waals surface area contributed by atoms with Crippen LogP contribution in [-0.2, 0) is 25.7 Å². The van der Waals surface area contributed by atoms with Crippen molar-refractivity contribution in [1.29, 1.82) is 0 Å². The molecule has 0 spiro atoms. The maximum Gasteiger partial charge on any atom is 0.407 e. The van der Waals surface area contributed by atoms with E-state index < -0.39 is 64.7 Å². The smallest absolute Gasteiger partial charge is 0.407 e. The molecule has 1 aliphatic heterocycles. The van der Waals surface area contributed by atoms with Crippen LogP contribution in [0.25, 0.3) is 0 Å². The van der Waals surface area contributed by atoms with Crippen molar-refractivity contribution in [3.05, 3.63) is 59.2 Å². The summed E-state index contributed by atoms with van der Waals surface area (Å²) in [5.41, 5.74) is 5.77. The SMILES string of the molecule is CNC(=O)OC(C)C(=O)NC(C(=O)N1Cc2ccc(N)cc2[C@H]1C(=O)Nc1c(F)cccc1F)C(C)(C)C. The van der Waals surface area contributed by atoms with Crippen LogP contribution in [0, 0.1) is 17.0 Å². The van der Waals surface area contributed by atoms with E-state index in [1.807, 2.05) is 0 Å². The van der Waals surface area contributed by atoms with Crippen molar-refractivity contribution < 1.29 is 32.7 Å². The monoisotopic (exact) mass is 531 g/mol. The predicted molar refractivity (Wildman–Crippen MR) is 136 cm³/mol. The number of nitrogens with one attached hydrogen (secondary N) is 3. The largest absolute Gasteiger partial charge is 0.436 e. The summed E-state index contributed by atoms with van der Waals surface area (Å²) in [6.07, 6.45) is -2.04. The van der Waals surface area contributed by atoms with E-state index in [-0.39, 0.29) is 6.54 Å². The van der Waals surface area contributed by atoms with E-state index in [0.29, 0.717) is 16.8 Å². The molecule has 0 aliphatic carbocycles. The van der Waals surface area contributed by atoms with Crippen LogP contribution in [0.3, 0.4) is 0 Å². The summed E-state index contributed by atoms with van der Waals surface area (Å²) < 4.78 is 33.5. The Bertz CT molecular complexity index is 1240. The number of amides is 4. The first kappa shape index (κ1) is 28.4. The number of ether oxygens (including phenoxy) is 1. The summed E-state index contributed by atoms with van der Waals surface area (Å²) in [7, 11) is 1.34. The molecule has 3 atom stereocenters. The summed E-state index contributed by atoms with van der Waals surface area (Å²) in [4.78, 5) is 52.9. The van der Waals surface area contributed by atoms with Gasteiger partial charge in [-0.3, -0.25) is 14.4 Å². The standard InChI is InChI=1S/C26H31F2N5O5/c1-13(38-25(37)30-5)22(34)32-21(26(2,3)4)24(36)33-12-14-9-10-15(29)11-16(14)20(33)23(35)31-19-17(27)7-6-8-18(19)28/h6-11,13,20-21H,12,29H2,1-5H3,(H,30,37)(H,31,35)(H,32,34)/t13?,20-,21?/m0/s1. The number of nitrogens with zero attached hydrogens (tertiary/aromatic N) is 1. The molecule has 0 bridgehead atoms. The highest BCUT2D eigenvalue weighted by Gasteiger charge is 2.45. The number of hydrogen-bond acceptors (Lipinski definition) is 6. The normalized spacial score (nSPS) is 16.2. The van der Waals surface area contributed by atoms with Crippen molar-refractivity contribution >= 4 is 35.2 Å². The van der Waals surface area contributed by atoms with Gasteiger partial charge >= 0.3 is 6.09 Å². The highest BCUT2D eigenvalue weighted by Crippen LogP contribution is 2.38. The predicted octanol–water partition coefficient (Wildman–Crippen LogP) is 2.84. The van der Waals surface area contributed by atoms with Crippen molar-refractivity contribution in [3.8, 4) is 0 Å². The molecule has 3 rings (SSSR count). The van der Waals surface area contributed by atoms with Gasteiger partial charge in [0, 0.05) is 19.3 Å². The van der Waals surface area contributed by atoms with Gasteiger partial charge in [-0.2, -0.15) is 0 Å². The average molecular weight is 532 g/mol. The molecule has 0 radical (unpaired) electrons. The van der Waals surface area contributed by atoms with Gasteiger partial charge in [-0.15, -0.1) is 0 Å². The van der Waals surface area contributed by atoms with Gasteiger partial charge in [0.25, 0.3) is 11.8 Å². The zero-order valence-corrected chi connectivity index (χ0v) is 21.7. The van der Waals surface area contributed by atoms with E-state index in [0.717, 1.165) is 18.2 Å². The molecule has 2 unspecified atom stereocenters. The van der Waals surface area contributed by atoms with Crippen molar-refractivity contribution in [2.24, 2.45) is 5.41 Å². The molecule has 204 valence electrons. The number of hydrogen-bond donors (Lipinski definition) is 4. The molecule has 12 heteroatoms. The van der Waals surface area contributed by atoms with Gasteiger partial charge in [0.2, 0.25) is 5.91 Å². The molecule has 0 aromatic heterocycles. The zero-order chi connectivity index (χ0) is 28.4. The summed E-state index contributed by atoms with van der Waals surface area (Å²) >= 11 is 0. The van der Waals surface area contributed by atoms with E-state index in [1.54, 1.807) is 32.9 Å². The molecular weight excluding hydrogens is 500 g/mol. The van der Waals surface area contributed by atoms with E-state index in [2.05, 4.69) is 16.0 Å². The lowest BCUT2D eigenvalue weighted by Crippen LogP contribution is -2.57. The fourth-order valence-corrected chi connectivity index (χ4v) is 4.10. The molecule has 38 heavy (non-hydrogen) atoms. The van der Waals surface area contributed by atoms with E-state index in [9.17, 15) is 28.0 Å². The number of alkyl carbamates (subject to hydrolysis) is 1. The highest BCUT2D eigenvalue weighted by molar-refractivity contribution is 6.00. The molecule has 0 fully saturated rings.